The van der Waals surface area contributed by atoms with Gasteiger partial charge in [-0.25, -0.2) is 4.79 Å². The van der Waals surface area contributed by atoms with Crippen LogP contribution in [-0.4, -0.2) is 30.8 Å². The van der Waals surface area contributed by atoms with E-state index in [0.29, 0.717) is 0 Å². The largest absolute Gasteiger partial charge is 0.504 e. The third-order valence-corrected chi connectivity index (χ3v) is 1.61. The maximum atomic E-state index is 10.6. The number of pyridine rings is 1. The van der Waals surface area contributed by atoms with Crippen molar-refractivity contribution in [2.75, 3.05) is 0 Å². The molecule has 0 bridgehead atoms. The Morgan fingerprint density at radius 2 is 2.23 bits per heavy atom. The maximum absolute atomic E-state index is 10.6. The summed E-state index contributed by atoms with van der Waals surface area (Å²) in [5.74, 6) is -1.49. The van der Waals surface area contributed by atoms with Crippen LogP contribution in [0.25, 0.3) is 5.65 Å². The van der Waals surface area contributed by atoms with Crippen molar-refractivity contribution in [1.29, 1.82) is 0 Å². The smallest absolute Gasteiger partial charge is 0.374 e. The predicted octanol–water partition coefficient (Wildman–Crippen LogP) is 0.133. The minimum Gasteiger partial charge on any atom is -0.504 e. The number of aromatic hydroxyl groups is 1. The number of carboxylic acid groups (broad SMARTS) is 1. The summed E-state index contributed by atoms with van der Waals surface area (Å²) in [6.45, 7) is 0. The normalized spacial score (nSPS) is 10.5. The molecule has 6 nitrogen and oxygen atoms in total. The SMILES string of the molecule is O=C(O)c1nnc2c(O)cccn12. The average molecular weight is 179 g/mol. The number of rotatable bonds is 1. The van der Waals surface area contributed by atoms with Crippen molar-refractivity contribution in [3.8, 4) is 5.75 Å². The Morgan fingerprint density at radius 3 is 2.92 bits per heavy atom. The van der Waals surface area contributed by atoms with Crippen LogP contribution in [0, 0.1) is 0 Å². The van der Waals surface area contributed by atoms with Gasteiger partial charge < -0.3 is 10.2 Å². The van der Waals surface area contributed by atoms with Gasteiger partial charge in [0.15, 0.2) is 5.75 Å². The lowest BCUT2D eigenvalue weighted by molar-refractivity contribution is 0.0682. The number of carboxylic acids is 1. The van der Waals surface area contributed by atoms with E-state index in [0.717, 1.165) is 0 Å². The lowest BCUT2D eigenvalue weighted by atomic mass is 10.4. The molecule has 2 N–H and O–H groups in total. The summed E-state index contributed by atoms with van der Waals surface area (Å²) in [5.41, 5.74) is 0.139. The van der Waals surface area contributed by atoms with Crippen molar-refractivity contribution in [3.63, 3.8) is 0 Å². The van der Waals surface area contributed by atoms with Gasteiger partial charge in [0.05, 0.1) is 0 Å². The zero-order valence-electron chi connectivity index (χ0n) is 6.38. The van der Waals surface area contributed by atoms with Gasteiger partial charge in [0, 0.05) is 6.20 Å². The molecule has 66 valence electrons. The van der Waals surface area contributed by atoms with Crippen molar-refractivity contribution in [2.24, 2.45) is 0 Å². The average Bonchev–Trinajstić information content (AvgIpc) is 2.48. The molecule has 0 unspecified atom stereocenters. The molecule has 0 amide bonds. The Kier molecular flexibility index (Phi) is 1.42. The second-order valence-corrected chi connectivity index (χ2v) is 2.42. The van der Waals surface area contributed by atoms with Crippen molar-refractivity contribution < 1.29 is 15.0 Å². The minimum absolute atomic E-state index is 0.0949. The fourth-order valence-corrected chi connectivity index (χ4v) is 1.05. The number of carbonyl (C=O) groups is 1. The maximum Gasteiger partial charge on any atom is 0.374 e. The molecule has 2 heterocycles. The van der Waals surface area contributed by atoms with E-state index in [1.54, 1.807) is 0 Å². The molecule has 0 aliphatic rings. The second-order valence-electron chi connectivity index (χ2n) is 2.42. The fourth-order valence-electron chi connectivity index (χ4n) is 1.05. The zero-order chi connectivity index (χ0) is 9.42. The standard InChI is InChI=1S/C7H5N3O3/c11-4-2-1-3-10-5(4)8-9-6(10)7(12)13/h1-3,11H,(H,12,13). The number of nitrogens with zero attached hydrogens (tertiary/aromatic N) is 3. The molecule has 0 aliphatic heterocycles. The highest BCUT2D eigenvalue weighted by Crippen LogP contribution is 2.15. The van der Waals surface area contributed by atoms with Crippen LogP contribution in [0.15, 0.2) is 18.3 Å². The molecule has 2 aromatic heterocycles. The first-order valence-corrected chi connectivity index (χ1v) is 3.46. The van der Waals surface area contributed by atoms with Gasteiger partial charge in [0.1, 0.15) is 0 Å². The summed E-state index contributed by atoms with van der Waals surface area (Å²) in [7, 11) is 0. The van der Waals surface area contributed by atoms with Crippen LogP contribution in [0.2, 0.25) is 0 Å². The first-order chi connectivity index (χ1) is 6.20. The predicted molar refractivity (Wildman–Crippen MR) is 41.6 cm³/mol. The van der Waals surface area contributed by atoms with Gasteiger partial charge in [-0.15, -0.1) is 10.2 Å². The van der Waals surface area contributed by atoms with Gasteiger partial charge in [-0.2, -0.15) is 0 Å². The van der Waals surface area contributed by atoms with E-state index in [1.165, 1.54) is 22.7 Å². The summed E-state index contributed by atoms with van der Waals surface area (Å²) >= 11 is 0. The molecule has 0 aliphatic carbocycles. The van der Waals surface area contributed by atoms with E-state index in [4.69, 9.17) is 5.11 Å². The highest BCUT2D eigenvalue weighted by molar-refractivity contribution is 5.84. The Balaban J connectivity index is 2.83. The fraction of sp³-hybridized carbons (Fsp3) is 0. The van der Waals surface area contributed by atoms with E-state index in [-0.39, 0.29) is 17.2 Å². The number of hydrogen-bond donors (Lipinski definition) is 2. The summed E-state index contributed by atoms with van der Waals surface area (Å²) in [4.78, 5) is 10.6. The molecule has 0 fully saturated rings. The van der Waals surface area contributed by atoms with Crippen LogP contribution >= 0.6 is 0 Å². The van der Waals surface area contributed by atoms with Gasteiger partial charge in [0.25, 0.3) is 0 Å². The van der Waals surface area contributed by atoms with Crippen LogP contribution in [0.3, 0.4) is 0 Å². The number of aromatic nitrogens is 3. The van der Waals surface area contributed by atoms with Crippen LogP contribution < -0.4 is 0 Å². The third-order valence-electron chi connectivity index (χ3n) is 1.61. The molecular weight excluding hydrogens is 174 g/mol. The molecule has 0 saturated carbocycles. The third kappa shape index (κ3) is 0.994. The van der Waals surface area contributed by atoms with Gasteiger partial charge in [-0.1, -0.05) is 0 Å². The molecular formula is C7H5N3O3. The van der Waals surface area contributed by atoms with E-state index < -0.39 is 5.97 Å². The lowest BCUT2D eigenvalue weighted by Gasteiger charge is -1.94. The van der Waals surface area contributed by atoms with Gasteiger partial charge in [-0.05, 0) is 12.1 Å². The second kappa shape index (κ2) is 2.44. The van der Waals surface area contributed by atoms with Crippen molar-refractivity contribution >= 4 is 11.6 Å². The van der Waals surface area contributed by atoms with Crippen LogP contribution in [0.5, 0.6) is 5.75 Å². The molecule has 6 heteroatoms. The highest BCUT2D eigenvalue weighted by atomic mass is 16.4. The molecule has 0 spiro atoms. The number of fused-ring (bicyclic) bond motifs is 1. The summed E-state index contributed by atoms with van der Waals surface area (Å²) < 4.78 is 1.21. The Labute approximate surface area is 72.1 Å². The molecule has 2 rings (SSSR count). The van der Waals surface area contributed by atoms with E-state index >= 15 is 0 Å². The number of aromatic carboxylic acids is 1. The highest BCUT2D eigenvalue weighted by Gasteiger charge is 2.13. The van der Waals surface area contributed by atoms with E-state index in [1.807, 2.05) is 0 Å². The first kappa shape index (κ1) is 7.53. The van der Waals surface area contributed by atoms with E-state index in [2.05, 4.69) is 10.2 Å². The van der Waals surface area contributed by atoms with Crippen molar-refractivity contribution in [2.45, 2.75) is 0 Å². The Bertz CT molecular complexity index is 477. The molecule has 13 heavy (non-hydrogen) atoms. The van der Waals surface area contributed by atoms with Gasteiger partial charge in [0.2, 0.25) is 11.5 Å². The number of hydrogen-bond acceptors (Lipinski definition) is 4. The van der Waals surface area contributed by atoms with Gasteiger partial charge in [-0.3, -0.25) is 4.40 Å². The summed E-state index contributed by atoms with van der Waals surface area (Å²) in [5, 5.41) is 24.8. The molecule has 0 aromatic carbocycles. The monoisotopic (exact) mass is 179 g/mol. The van der Waals surface area contributed by atoms with Crippen LogP contribution in [-0.2, 0) is 0 Å². The summed E-state index contributed by atoms with van der Waals surface area (Å²) in [6.07, 6.45) is 1.47. The molecule has 0 atom stereocenters. The van der Waals surface area contributed by atoms with Crippen LogP contribution in [0.1, 0.15) is 10.6 Å². The van der Waals surface area contributed by atoms with Crippen molar-refractivity contribution in [3.05, 3.63) is 24.2 Å². The van der Waals surface area contributed by atoms with Crippen molar-refractivity contribution in [1.82, 2.24) is 14.6 Å². The van der Waals surface area contributed by atoms with E-state index in [9.17, 15) is 9.90 Å². The minimum atomic E-state index is -1.18. The Hall–Kier alpha value is -2.11. The topological polar surface area (TPSA) is 87.7 Å². The Morgan fingerprint density at radius 1 is 1.46 bits per heavy atom. The summed E-state index contributed by atoms with van der Waals surface area (Å²) in [6, 6.07) is 2.92. The van der Waals surface area contributed by atoms with Crippen LogP contribution in [0.4, 0.5) is 0 Å². The van der Waals surface area contributed by atoms with Gasteiger partial charge >= 0.3 is 5.97 Å². The lowest BCUT2D eigenvalue weighted by Crippen LogP contribution is -2.02. The molecule has 0 saturated heterocycles. The zero-order valence-corrected chi connectivity index (χ0v) is 6.38. The first-order valence-electron chi connectivity index (χ1n) is 3.46. The quantitative estimate of drug-likeness (QED) is 0.649. The molecule has 0 radical (unpaired) electrons. The molecule has 2 aromatic rings.